The van der Waals surface area contributed by atoms with Crippen molar-refractivity contribution in [1.29, 1.82) is 0 Å². The van der Waals surface area contributed by atoms with Crippen LogP contribution >= 0.6 is 0 Å². The molecule has 5 heteroatoms. The zero-order valence-electron chi connectivity index (χ0n) is 18.9. The van der Waals surface area contributed by atoms with E-state index in [1.807, 2.05) is 24.0 Å². The lowest BCUT2D eigenvalue weighted by Gasteiger charge is -2.43. The highest BCUT2D eigenvalue weighted by atomic mass is 16.2. The molecule has 168 valence electrons. The van der Waals surface area contributed by atoms with Crippen molar-refractivity contribution in [1.82, 2.24) is 15.2 Å². The van der Waals surface area contributed by atoms with Crippen LogP contribution < -0.4 is 5.32 Å². The maximum atomic E-state index is 13.4. The van der Waals surface area contributed by atoms with E-state index in [2.05, 4.69) is 46.7 Å². The van der Waals surface area contributed by atoms with E-state index in [9.17, 15) is 9.59 Å². The number of benzene rings is 1. The van der Waals surface area contributed by atoms with Crippen molar-refractivity contribution in [2.45, 2.75) is 45.4 Å². The van der Waals surface area contributed by atoms with E-state index in [4.69, 9.17) is 0 Å². The monoisotopic (exact) mass is 431 g/mol. The Hall–Kier alpha value is -2.95. The lowest BCUT2D eigenvalue weighted by molar-refractivity contribution is -0.144. The number of piperidine rings is 1. The molecule has 2 atom stereocenters. The molecule has 1 saturated heterocycles. The summed E-state index contributed by atoms with van der Waals surface area (Å²) in [5, 5.41) is 3.07. The van der Waals surface area contributed by atoms with E-state index in [1.165, 1.54) is 0 Å². The molecule has 0 unspecified atom stereocenters. The normalized spacial score (nSPS) is 23.0. The minimum absolute atomic E-state index is 0.0556. The third kappa shape index (κ3) is 4.93. The second-order valence-corrected chi connectivity index (χ2v) is 9.10. The third-order valence-corrected chi connectivity index (χ3v) is 6.81. The summed E-state index contributed by atoms with van der Waals surface area (Å²) in [4.78, 5) is 32.7. The van der Waals surface area contributed by atoms with Gasteiger partial charge in [-0.25, -0.2) is 0 Å². The van der Waals surface area contributed by atoms with Crippen LogP contribution in [0.5, 0.6) is 0 Å². The summed E-state index contributed by atoms with van der Waals surface area (Å²) in [5.74, 6) is 0.337. The molecular formula is C27H33N3O2. The van der Waals surface area contributed by atoms with Crippen molar-refractivity contribution in [3.05, 3.63) is 66.5 Å². The van der Waals surface area contributed by atoms with Crippen molar-refractivity contribution < 1.29 is 9.59 Å². The van der Waals surface area contributed by atoms with Crippen LogP contribution in [0.15, 0.2) is 60.9 Å². The Labute approximate surface area is 190 Å². The van der Waals surface area contributed by atoms with Crippen LogP contribution in [0.3, 0.4) is 0 Å². The maximum Gasteiger partial charge on any atom is 0.228 e. The number of carbonyl (C=O) groups excluding carboxylic acids is 2. The second-order valence-electron chi connectivity index (χ2n) is 9.10. The van der Waals surface area contributed by atoms with E-state index in [1.54, 1.807) is 12.4 Å². The Morgan fingerprint density at radius 1 is 1.16 bits per heavy atom. The predicted molar refractivity (Wildman–Crippen MR) is 127 cm³/mol. The van der Waals surface area contributed by atoms with E-state index >= 15 is 0 Å². The Balaban J connectivity index is 1.59. The molecule has 2 aliphatic rings. The van der Waals surface area contributed by atoms with Gasteiger partial charge in [0.15, 0.2) is 0 Å². The summed E-state index contributed by atoms with van der Waals surface area (Å²) in [5.41, 5.74) is 2.76. The van der Waals surface area contributed by atoms with Crippen LogP contribution in [0.4, 0.5) is 0 Å². The standard InChI is InChI=1S/C27H33N3O2/c1-2-29-26(32)27(14-7-17-30(20-27)25(31)23-9-4-3-5-10-23)19-21-8-6-11-24(18-21)22-12-15-28-16-13-22/h3-4,6,8,11-13,15-16,18,23H,2,5,7,9-10,14,17,19-20H2,1H3,(H,29,32)/t23-,27+/m1/s1. The SMILES string of the molecule is CCNC(=O)[C@]1(Cc2cccc(-c3ccncc3)c2)CCCN(C(=O)[C@@H]2CC=CCC2)C1. The Kier molecular flexibility index (Phi) is 7.03. The Morgan fingerprint density at radius 3 is 2.75 bits per heavy atom. The van der Waals surface area contributed by atoms with Crippen LogP contribution in [0.25, 0.3) is 11.1 Å². The van der Waals surface area contributed by atoms with Gasteiger partial charge in [-0.3, -0.25) is 14.6 Å². The number of hydrogen-bond acceptors (Lipinski definition) is 3. The molecule has 1 fully saturated rings. The number of allylic oxidation sites excluding steroid dienone is 2. The summed E-state index contributed by atoms with van der Waals surface area (Å²) in [6.45, 7) is 3.80. The van der Waals surface area contributed by atoms with Crippen LogP contribution in [0, 0.1) is 11.3 Å². The molecule has 2 amide bonds. The largest absolute Gasteiger partial charge is 0.356 e. The number of amides is 2. The molecule has 0 bridgehead atoms. The minimum Gasteiger partial charge on any atom is -0.356 e. The van der Waals surface area contributed by atoms with Gasteiger partial charge >= 0.3 is 0 Å². The fraction of sp³-hybridized carbons (Fsp3) is 0.444. The van der Waals surface area contributed by atoms with Gasteiger partial charge in [0, 0.05) is 37.9 Å². The summed E-state index contributed by atoms with van der Waals surface area (Å²) in [7, 11) is 0. The first kappa shape index (κ1) is 22.3. The molecule has 1 N–H and O–H groups in total. The third-order valence-electron chi connectivity index (χ3n) is 6.81. The Morgan fingerprint density at radius 2 is 2.00 bits per heavy atom. The van der Waals surface area contributed by atoms with Crippen molar-refractivity contribution in [2.75, 3.05) is 19.6 Å². The highest BCUT2D eigenvalue weighted by molar-refractivity contribution is 5.85. The number of rotatable bonds is 6. The van der Waals surface area contributed by atoms with Crippen molar-refractivity contribution in [3.8, 4) is 11.1 Å². The molecule has 1 aliphatic heterocycles. The van der Waals surface area contributed by atoms with Crippen molar-refractivity contribution in [2.24, 2.45) is 11.3 Å². The van der Waals surface area contributed by atoms with Crippen LogP contribution in [-0.4, -0.2) is 41.3 Å². The fourth-order valence-electron chi connectivity index (χ4n) is 5.15. The molecule has 2 aromatic rings. The summed E-state index contributed by atoms with van der Waals surface area (Å²) in [6.07, 6.45) is 12.9. The van der Waals surface area contributed by atoms with Gasteiger partial charge in [-0.1, -0.05) is 36.4 Å². The van der Waals surface area contributed by atoms with Crippen molar-refractivity contribution in [3.63, 3.8) is 0 Å². The quantitative estimate of drug-likeness (QED) is 0.690. The average molecular weight is 432 g/mol. The molecule has 2 heterocycles. The number of nitrogens with one attached hydrogen (secondary N) is 1. The zero-order chi connectivity index (χ0) is 22.4. The molecule has 0 saturated carbocycles. The summed E-state index contributed by atoms with van der Waals surface area (Å²) < 4.78 is 0. The molecule has 1 aromatic heterocycles. The molecule has 1 aromatic carbocycles. The van der Waals surface area contributed by atoms with E-state index < -0.39 is 5.41 Å². The van der Waals surface area contributed by atoms with Gasteiger partial charge in [-0.2, -0.15) is 0 Å². The van der Waals surface area contributed by atoms with Gasteiger partial charge in [-0.05, 0) is 74.3 Å². The molecule has 4 rings (SSSR count). The number of hydrogen-bond donors (Lipinski definition) is 1. The van der Waals surface area contributed by atoms with Gasteiger partial charge < -0.3 is 10.2 Å². The zero-order valence-corrected chi connectivity index (χ0v) is 18.9. The van der Waals surface area contributed by atoms with Crippen LogP contribution in [0.2, 0.25) is 0 Å². The number of carbonyl (C=O) groups is 2. The average Bonchev–Trinajstić information content (AvgIpc) is 2.85. The first-order chi connectivity index (χ1) is 15.6. The van der Waals surface area contributed by atoms with E-state index in [-0.39, 0.29) is 17.7 Å². The first-order valence-corrected chi connectivity index (χ1v) is 11.8. The van der Waals surface area contributed by atoms with Gasteiger partial charge in [0.05, 0.1) is 5.41 Å². The summed E-state index contributed by atoms with van der Waals surface area (Å²) in [6, 6.07) is 12.4. The molecule has 0 radical (unpaired) electrons. The molecule has 1 aliphatic carbocycles. The fourth-order valence-corrected chi connectivity index (χ4v) is 5.15. The first-order valence-electron chi connectivity index (χ1n) is 11.8. The van der Waals surface area contributed by atoms with Crippen LogP contribution in [0.1, 0.15) is 44.6 Å². The molecule has 0 spiro atoms. The van der Waals surface area contributed by atoms with Crippen LogP contribution in [-0.2, 0) is 16.0 Å². The number of aromatic nitrogens is 1. The predicted octanol–water partition coefficient (Wildman–Crippen LogP) is 4.39. The molecular weight excluding hydrogens is 398 g/mol. The van der Waals surface area contributed by atoms with Gasteiger partial charge in [0.2, 0.25) is 11.8 Å². The van der Waals surface area contributed by atoms with Gasteiger partial charge in [-0.15, -0.1) is 0 Å². The smallest absolute Gasteiger partial charge is 0.228 e. The number of pyridine rings is 1. The maximum absolute atomic E-state index is 13.4. The minimum atomic E-state index is -0.592. The van der Waals surface area contributed by atoms with E-state index in [0.717, 1.165) is 55.3 Å². The number of likely N-dealkylation sites (tertiary alicyclic amines) is 1. The van der Waals surface area contributed by atoms with E-state index in [0.29, 0.717) is 19.5 Å². The topological polar surface area (TPSA) is 62.3 Å². The lowest BCUT2D eigenvalue weighted by atomic mass is 9.73. The summed E-state index contributed by atoms with van der Waals surface area (Å²) >= 11 is 0. The van der Waals surface area contributed by atoms with Gasteiger partial charge in [0.1, 0.15) is 0 Å². The second kappa shape index (κ2) is 10.1. The molecule has 5 nitrogen and oxygen atoms in total. The van der Waals surface area contributed by atoms with Crippen molar-refractivity contribution >= 4 is 11.8 Å². The number of nitrogens with zero attached hydrogens (tertiary/aromatic N) is 2. The molecule has 32 heavy (non-hydrogen) atoms. The Bertz CT molecular complexity index is 972. The highest BCUT2D eigenvalue weighted by Gasteiger charge is 2.44. The highest BCUT2D eigenvalue weighted by Crippen LogP contribution is 2.36. The van der Waals surface area contributed by atoms with Gasteiger partial charge in [0.25, 0.3) is 0 Å². The lowest BCUT2D eigenvalue weighted by Crippen LogP contribution is -2.55.